The molecule has 120 valence electrons. The second-order valence-electron chi connectivity index (χ2n) is 5.86. The van der Waals surface area contributed by atoms with Crippen molar-refractivity contribution >= 4 is 5.91 Å². The number of rotatable bonds is 5. The van der Waals surface area contributed by atoms with Gasteiger partial charge in [-0.1, -0.05) is 6.08 Å². The van der Waals surface area contributed by atoms with E-state index in [0.717, 1.165) is 18.9 Å². The maximum atomic E-state index is 12.4. The van der Waals surface area contributed by atoms with Gasteiger partial charge in [0.25, 0.3) is 11.1 Å². The lowest BCUT2D eigenvalue weighted by molar-refractivity contribution is -0.134. The van der Waals surface area contributed by atoms with Crippen molar-refractivity contribution < 1.29 is 9.90 Å². The van der Waals surface area contributed by atoms with E-state index in [1.807, 2.05) is 0 Å². The number of likely N-dealkylation sites (tertiary alicyclic amines) is 1. The molecule has 1 atom stereocenters. The summed E-state index contributed by atoms with van der Waals surface area (Å²) in [5.41, 5.74) is -1.12. The van der Waals surface area contributed by atoms with Crippen LogP contribution in [0, 0.1) is 5.41 Å². The molecule has 0 unspecified atom stereocenters. The van der Waals surface area contributed by atoms with Crippen molar-refractivity contribution in [1.29, 1.82) is 0 Å². The number of nitrogens with one attached hydrogen (secondary N) is 2. The number of amides is 1. The van der Waals surface area contributed by atoms with Crippen LogP contribution in [-0.2, 0) is 11.2 Å². The van der Waals surface area contributed by atoms with Crippen LogP contribution in [0.1, 0.15) is 24.8 Å². The summed E-state index contributed by atoms with van der Waals surface area (Å²) in [6, 6.07) is 1.14. The number of piperidine rings is 1. The topological polar surface area (TPSA) is 106 Å². The third kappa shape index (κ3) is 3.54. The minimum Gasteiger partial charge on any atom is -0.396 e. The molecule has 1 fully saturated rings. The number of carbonyl (C=O) groups excluding carboxylic acids is 1. The number of carbonyl (C=O) groups is 1. The number of H-pyrrole nitrogens is 2. The molecule has 7 heteroatoms. The Morgan fingerprint density at radius 3 is 2.91 bits per heavy atom. The van der Waals surface area contributed by atoms with Gasteiger partial charge in [0.15, 0.2) is 0 Å². The minimum absolute atomic E-state index is 0.00557. The van der Waals surface area contributed by atoms with Crippen LogP contribution in [0.15, 0.2) is 28.3 Å². The molecule has 3 N–H and O–H groups in total. The molecule has 0 bridgehead atoms. The van der Waals surface area contributed by atoms with Gasteiger partial charge in [-0.3, -0.25) is 24.6 Å². The van der Waals surface area contributed by atoms with Gasteiger partial charge in [0.2, 0.25) is 5.91 Å². The Morgan fingerprint density at radius 2 is 2.23 bits per heavy atom. The van der Waals surface area contributed by atoms with E-state index < -0.39 is 11.1 Å². The Hall–Kier alpha value is -2.15. The van der Waals surface area contributed by atoms with Crippen molar-refractivity contribution in [3.8, 4) is 0 Å². The number of aromatic nitrogens is 2. The van der Waals surface area contributed by atoms with Crippen LogP contribution in [0.3, 0.4) is 0 Å². The van der Waals surface area contributed by atoms with Crippen LogP contribution >= 0.6 is 0 Å². The Labute approximate surface area is 127 Å². The SMILES string of the molecule is C=CC[C@@]1(CO)CCCN(C(=O)Cc2cc(=O)[nH][nH]c2=O)C1. The van der Waals surface area contributed by atoms with Crippen molar-refractivity contribution in [1.82, 2.24) is 15.1 Å². The molecule has 1 amide bonds. The second kappa shape index (κ2) is 6.74. The van der Waals surface area contributed by atoms with Gasteiger partial charge in [-0.2, -0.15) is 0 Å². The quantitative estimate of drug-likeness (QED) is 0.654. The molecule has 0 saturated carbocycles. The smallest absolute Gasteiger partial charge is 0.266 e. The number of allylic oxidation sites excluding steroid dienone is 1. The molecule has 1 aromatic rings. The lowest BCUT2D eigenvalue weighted by atomic mass is 9.77. The highest BCUT2D eigenvalue weighted by Crippen LogP contribution is 2.33. The molecule has 1 saturated heterocycles. The van der Waals surface area contributed by atoms with E-state index in [-0.39, 0.29) is 29.9 Å². The zero-order valence-electron chi connectivity index (χ0n) is 12.4. The van der Waals surface area contributed by atoms with E-state index in [1.165, 1.54) is 0 Å². The summed E-state index contributed by atoms with van der Waals surface area (Å²) < 4.78 is 0. The summed E-state index contributed by atoms with van der Waals surface area (Å²) in [4.78, 5) is 36.9. The first-order valence-electron chi connectivity index (χ1n) is 7.30. The molecule has 0 aromatic carbocycles. The summed E-state index contributed by atoms with van der Waals surface area (Å²) in [6.07, 6.45) is 3.91. The van der Waals surface area contributed by atoms with Gasteiger partial charge in [-0.05, 0) is 19.3 Å². The van der Waals surface area contributed by atoms with E-state index in [1.54, 1.807) is 11.0 Å². The fraction of sp³-hybridized carbons (Fsp3) is 0.533. The molecule has 1 aliphatic heterocycles. The third-order valence-corrected chi connectivity index (χ3v) is 4.16. The van der Waals surface area contributed by atoms with Crippen molar-refractivity contribution in [2.24, 2.45) is 5.41 Å². The van der Waals surface area contributed by atoms with Crippen LogP contribution in [0.2, 0.25) is 0 Å². The van der Waals surface area contributed by atoms with Gasteiger partial charge in [-0.15, -0.1) is 6.58 Å². The predicted octanol–water partition coefficient (Wildman–Crippen LogP) is -0.217. The summed E-state index contributed by atoms with van der Waals surface area (Å²) in [5.74, 6) is -0.210. The molecular formula is C15H21N3O4. The molecule has 0 radical (unpaired) electrons. The van der Waals surface area contributed by atoms with E-state index >= 15 is 0 Å². The van der Waals surface area contributed by atoms with Crippen molar-refractivity contribution in [3.05, 3.63) is 45.0 Å². The number of nitrogens with zero attached hydrogens (tertiary/aromatic N) is 1. The summed E-state index contributed by atoms with van der Waals surface area (Å²) >= 11 is 0. The van der Waals surface area contributed by atoms with Crippen molar-refractivity contribution in [2.45, 2.75) is 25.7 Å². The maximum absolute atomic E-state index is 12.4. The first kappa shape index (κ1) is 16.2. The van der Waals surface area contributed by atoms with Crippen LogP contribution < -0.4 is 11.1 Å². The van der Waals surface area contributed by atoms with Crippen LogP contribution in [0.25, 0.3) is 0 Å². The molecule has 7 nitrogen and oxygen atoms in total. The fourth-order valence-corrected chi connectivity index (χ4v) is 2.95. The summed E-state index contributed by atoms with van der Waals surface area (Å²) in [5, 5.41) is 14.0. The maximum Gasteiger partial charge on any atom is 0.266 e. The molecule has 1 aliphatic rings. The highest BCUT2D eigenvalue weighted by atomic mass is 16.3. The summed E-state index contributed by atoms with van der Waals surface area (Å²) in [7, 11) is 0. The van der Waals surface area contributed by atoms with Crippen LogP contribution in [0.4, 0.5) is 0 Å². The first-order valence-corrected chi connectivity index (χ1v) is 7.30. The van der Waals surface area contributed by atoms with E-state index in [9.17, 15) is 19.5 Å². The van der Waals surface area contributed by atoms with E-state index in [0.29, 0.717) is 19.5 Å². The fourth-order valence-electron chi connectivity index (χ4n) is 2.95. The van der Waals surface area contributed by atoms with Gasteiger partial charge in [-0.25, -0.2) is 0 Å². The molecule has 1 aromatic heterocycles. The number of aliphatic hydroxyl groups is 1. The zero-order valence-corrected chi connectivity index (χ0v) is 12.4. The normalized spacial score (nSPS) is 21.6. The summed E-state index contributed by atoms with van der Waals surface area (Å²) in [6.45, 7) is 4.74. The zero-order chi connectivity index (χ0) is 16.2. The standard InChI is InChI=1S/C15H21N3O4/c1-2-4-15(10-19)5-3-6-18(9-15)13(21)8-11-7-12(20)16-17-14(11)22/h2,7,19H,1,3-6,8-10H2,(H,16,20)(H,17,22)/t15-/m1/s1. The number of aliphatic hydroxyl groups excluding tert-OH is 1. The van der Waals surface area contributed by atoms with Gasteiger partial charge in [0.05, 0.1) is 13.0 Å². The van der Waals surface area contributed by atoms with Crippen molar-refractivity contribution in [3.63, 3.8) is 0 Å². The van der Waals surface area contributed by atoms with Gasteiger partial charge in [0.1, 0.15) is 0 Å². The minimum atomic E-state index is -0.468. The number of hydrogen-bond donors (Lipinski definition) is 3. The molecule has 2 rings (SSSR count). The van der Waals surface area contributed by atoms with Crippen LogP contribution in [0.5, 0.6) is 0 Å². The third-order valence-electron chi connectivity index (χ3n) is 4.16. The van der Waals surface area contributed by atoms with Gasteiger partial charge >= 0.3 is 0 Å². The van der Waals surface area contributed by atoms with E-state index in [2.05, 4.69) is 16.8 Å². The van der Waals surface area contributed by atoms with Crippen molar-refractivity contribution in [2.75, 3.05) is 19.7 Å². The molecule has 2 heterocycles. The molecule has 0 spiro atoms. The molecule has 22 heavy (non-hydrogen) atoms. The highest BCUT2D eigenvalue weighted by molar-refractivity contribution is 5.78. The first-order chi connectivity index (χ1) is 10.5. The lowest BCUT2D eigenvalue weighted by Crippen LogP contribution is -2.48. The Morgan fingerprint density at radius 1 is 1.45 bits per heavy atom. The average molecular weight is 307 g/mol. The predicted molar refractivity (Wildman–Crippen MR) is 81.5 cm³/mol. The lowest BCUT2D eigenvalue weighted by Gasteiger charge is -2.41. The Kier molecular flexibility index (Phi) is 4.97. The van der Waals surface area contributed by atoms with Gasteiger partial charge < -0.3 is 10.0 Å². The number of aromatic amines is 2. The average Bonchev–Trinajstić information content (AvgIpc) is 2.51. The molecule has 0 aliphatic carbocycles. The largest absolute Gasteiger partial charge is 0.396 e. The highest BCUT2D eigenvalue weighted by Gasteiger charge is 2.35. The Bertz CT molecular complexity index is 663. The Balaban J connectivity index is 2.12. The number of hydrogen-bond acceptors (Lipinski definition) is 4. The van der Waals surface area contributed by atoms with Gasteiger partial charge in [0, 0.05) is 30.1 Å². The second-order valence-corrected chi connectivity index (χ2v) is 5.86. The molecular weight excluding hydrogens is 286 g/mol. The monoisotopic (exact) mass is 307 g/mol. The van der Waals surface area contributed by atoms with Crippen LogP contribution in [-0.4, -0.2) is 45.8 Å². The van der Waals surface area contributed by atoms with E-state index in [4.69, 9.17) is 0 Å².